The Balaban J connectivity index is 2.78. The van der Waals surface area contributed by atoms with E-state index in [1.54, 1.807) is 12.1 Å². The molecular formula is C13H18N2O3S. The molecule has 0 radical (unpaired) electrons. The van der Waals surface area contributed by atoms with E-state index in [2.05, 4.69) is 5.92 Å². The molecule has 0 amide bonds. The van der Waals surface area contributed by atoms with Crippen molar-refractivity contribution < 1.29 is 13.2 Å². The van der Waals surface area contributed by atoms with E-state index in [0.29, 0.717) is 18.9 Å². The van der Waals surface area contributed by atoms with E-state index in [-0.39, 0.29) is 11.4 Å². The van der Waals surface area contributed by atoms with Crippen LogP contribution >= 0.6 is 0 Å². The third-order valence-electron chi connectivity index (χ3n) is 2.46. The molecule has 19 heavy (non-hydrogen) atoms. The Morgan fingerprint density at radius 3 is 2.53 bits per heavy atom. The molecule has 0 aliphatic rings. The quantitative estimate of drug-likeness (QED) is 0.589. The van der Waals surface area contributed by atoms with Crippen molar-refractivity contribution >= 4 is 10.0 Å². The monoisotopic (exact) mass is 282 g/mol. The maximum Gasteiger partial charge on any atom is 0.243 e. The molecule has 0 atom stereocenters. The van der Waals surface area contributed by atoms with Gasteiger partial charge in [-0.05, 0) is 37.2 Å². The zero-order valence-electron chi connectivity index (χ0n) is 10.9. The summed E-state index contributed by atoms with van der Waals surface area (Å²) in [6.45, 7) is 1.11. The van der Waals surface area contributed by atoms with Gasteiger partial charge in [-0.15, -0.1) is 6.42 Å². The smallest absolute Gasteiger partial charge is 0.243 e. The first-order chi connectivity index (χ1) is 9.02. The third-order valence-corrected chi connectivity index (χ3v) is 4.28. The second-order valence-corrected chi connectivity index (χ2v) is 5.97. The second kappa shape index (κ2) is 7.14. The molecule has 0 aromatic heterocycles. The third kappa shape index (κ3) is 4.24. The van der Waals surface area contributed by atoms with Crippen LogP contribution in [0.2, 0.25) is 0 Å². The van der Waals surface area contributed by atoms with Gasteiger partial charge in [0, 0.05) is 7.05 Å². The Hall–Kier alpha value is -1.55. The van der Waals surface area contributed by atoms with E-state index in [4.69, 9.17) is 16.9 Å². The Labute approximate surface area is 114 Å². The largest absolute Gasteiger partial charge is 0.494 e. The molecule has 6 heteroatoms. The minimum atomic E-state index is -3.53. The molecule has 0 saturated heterocycles. The van der Waals surface area contributed by atoms with Crippen LogP contribution in [-0.4, -0.2) is 39.5 Å². The maximum absolute atomic E-state index is 12.1. The first kappa shape index (κ1) is 15.5. The Morgan fingerprint density at radius 1 is 1.37 bits per heavy atom. The highest BCUT2D eigenvalue weighted by molar-refractivity contribution is 7.89. The van der Waals surface area contributed by atoms with Crippen molar-refractivity contribution in [2.24, 2.45) is 5.73 Å². The predicted molar refractivity (Wildman–Crippen MR) is 74.3 cm³/mol. The molecule has 0 spiro atoms. The summed E-state index contributed by atoms with van der Waals surface area (Å²) in [4.78, 5) is 0.191. The van der Waals surface area contributed by atoms with Crippen LogP contribution in [0.5, 0.6) is 5.75 Å². The van der Waals surface area contributed by atoms with Gasteiger partial charge < -0.3 is 10.5 Å². The molecule has 0 bridgehead atoms. The van der Waals surface area contributed by atoms with Gasteiger partial charge in [-0.25, -0.2) is 8.42 Å². The summed E-state index contributed by atoms with van der Waals surface area (Å²) < 4.78 is 30.7. The highest BCUT2D eigenvalue weighted by Crippen LogP contribution is 2.18. The average molecular weight is 282 g/mol. The highest BCUT2D eigenvalue weighted by Gasteiger charge is 2.19. The molecule has 0 unspecified atom stereocenters. The number of hydrogen-bond donors (Lipinski definition) is 1. The standard InChI is InChI=1S/C13H18N2O3S/c1-3-10-15(2)19(16,17)13-7-5-12(6-8-13)18-11-4-9-14/h1,5-8H,4,9-11,14H2,2H3. The molecule has 1 rings (SSSR count). The van der Waals surface area contributed by atoms with Crippen molar-refractivity contribution in [3.8, 4) is 18.1 Å². The Kier molecular flexibility index (Phi) is 5.83. The molecule has 0 heterocycles. The van der Waals surface area contributed by atoms with Crippen LogP contribution in [0.15, 0.2) is 29.2 Å². The fourth-order valence-electron chi connectivity index (χ4n) is 1.37. The number of ether oxygens (including phenoxy) is 1. The number of sulfonamides is 1. The number of benzene rings is 1. The summed E-state index contributed by atoms with van der Waals surface area (Å²) in [5, 5.41) is 0. The number of hydrogen-bond acceptors (Lipinski definition) is 4. The minimum Gasteiger partial charge on any atom is -0.494 e. The lowest BCUT2D eigenvalue weighted by Crippen LogP contribution is -2.27. The van der Waals surface area contributed by atoms with Gasteiger partial charge in [0.15, 0.2) is 0 Å². The van der Waals surface area contributed by atoms with Crippen LogP contribution in [0.25, 0.3) is 0 Å². The van der Waals surface area contributed by atoms with Crippen LogP contribution in [0.1, 0.15) is 6.42 Å². The van der Waals surface area contributed by atoms with Gasteiger partial charge in [-0.2, -0.15) is 4.31 Å². The van der Waals surface area contributed by atoms with E-state index in [0.717, 1.165) is 10.7 Å². The normalized spacial score (nSPS) is 11.3. The molecule has 0 aliphatic carbocycles. The summed E-state index contributed by atoms with van der Waals surface area (Å²) in [7, 11) is -2.08. The van der Waals surface area contributed by atoms with E-state index >= 15 is 0 Å². The number of terminal acetylenes is 1. The summed E-state index contributed by atoms with van der Waals surface area (Å²) in [6, 6.07) is 6.24. The van der Waals surface area contributed by atoms with Gasteiger partial charge in [0.2, 0.25) is 10.0 Å². The highest BCUT2D eigenvalue weighted by atomic mass is 32.2. The molecule has 1 aromatic rings. The molecular weight excluding hydrogens is 264 g/mol. The predicted octanol–water partition coefficient (Wildman–Crippen LogP) is 0.668. The number of rotatable bonds is 7. The minimum absolute atomic E-state index is 0.0388. The first-order valence-corrected chi connectivity index (χ1v) is 7.29. The number of nitrogens with two attached hydrogens (primary N) is 1. The summed E-state index contributed by atoms with van der Waals surface area (Å²) in [5.41, 5.74) is 5.35. The van der Waals surface area contributed by atoms with Gasteiger partial charge in [0.05, 0.1) is 18.0 Å². The van der Waals surface area contributed by atoms with E-state index in [1.165, 1.54) is 19.2 Å². The van der Waals surface area contributed by atoms with Crippen LogP contribution in [-0.2, 0) is 10.0 Å². The fourth-order valence-corrected chi connectivity index (χ4v) is 2.46. The van der Waals surface area contributed by atoms with Gasteiger partial charge in [0.25, 0.3) is 0 Å². The number of nitrogens with zero attached hydrogens (tertiary/aromatic N) is 1. The molecule has 0 saturated carbocycles. The van der Waals surface area contributed by atoms with Crippen molar-refractivity contribution in [2.45, 2.75) is 11.3 Å². The van der Waals surface area contributed by atoms with E-state index in [9.17, 15) is 8.42 Å². The SMILES string of the molecule is C#CCN(C)S(=O)(=O)c1ccc(OCCCN)cc1. The molecule has 0 aliphatic heterocycles. The van der Waals surface area contributed by atoms with E-state index < -0.39 is 10.0 Å². The molecule has 1 aromatic carbocycles. The van der Waals surface area contributed by atoms with E-state index in [1.807, 2.05) is 0 Å². The van der Waals surface area contributed by atoms with Gasteiger partial charge in [-0.3, -0.25) is 0 Å². The molecule has 2 N–H and O–H groups in total. The molecule has 0 fully saturated rings. The zero-order chi connectivity index (χ0) is 14.3. The van der Waals surface area contributed by atoms with Crippen molar-refractivity contribution in [3.63, 3.8) is 0 Å². The van der Waals surface area contributed by atoms with Crippen LogP contribution in [0.3, 0.4) is 0 Å². The zero-order valence-corrected chi connectivity index (χ0v) is 11.7. The summed E-state index contributed by atoms with van der Waals surface area (Å²) in [5.74, 6) is 2.92. The lowest BCUT2D eigenvalue weighted by molar-refractivity contribution is 0.313. The second-order valence-electron chi connectivity index (χ2n) is 3.93. The first-order valence-electron chi connectivity index (χ1n) is 5.85. The van der Waals surface area contributed by atoms with Crippen molar-refractivity contribution in [3.05, 3.63) is 24.3 Å². The van der Waals surface area contributed by atoms with Gasteiger partial charge in [-0.1, -0.05) is 5.92 Å². The van der Waals surface area contributed by atoms with Crippen LogP contribution in [0, 0.1) is 12.3 Å². The average Bonchev–Trinajstić information content (AvgIpc) is 2.40. The van der Waals surface area contributed by atoms with Crippen molar-refractivity contribution in [1.29, 1.82) is 0 Å². The summed E-state index contributed by atoms with van der Waals surface area (Å²) >= 11 is 0. The van der Waals surface area contributed by atoms with Crippen molar-refractivity contribution in [1.82, 2.24) is 4.31 Å². The topological polar surface area (TPSA) is 72.6 Å². The van der Waals surface area contributed by atoms with Crippen molar-refractivity contribution in [2.75, 3.05) is 26.7 Å². The van der Waals surface area contributed by atoms with Gasteiger partial charge >= 0.3 is 0 Å². The fraction of sp³-hybridized carbons (Fsp3) is 0.385. The molecule has 104 valence electrons. The lowest BCUT2D eigenvalue weighted by Gasteiger charge is -2.14. The van der Waals surface area contributed by atoms with Crippen LogP contribution in [0.4, 0.5) is 0 Å². The Morgan fingerprint density at radius 2 is 2.00 bits per heavy atom. The molecule has 5 nitrogen and oxygen atoms in total. The lowest BCUT2D eigenvalue weighted by atomic mass is 10.3. The summed E-state index contributed by atoms with van der Waals surface area (Å²) in [6.07, 6.45) is 5.86. The Bertz CT molecular complexity index is 532. The maximum atomic E-state index is 12.1. The van der Waals surface area contributed by atoms with Crippen LogP contribution < -0.4 is 10.5 Å². The van der Waals surface area contributed by atoms with Gasteiger partial charge in [0.1, 0.15) is 5.75 Å².